The highest BCUT2D eigenvalue weighted by Crippen LogP contribution is 2.33. The molecule has 4 heteroatoms. The summed E-state index contributed by atoms with van der Waals surface area (Å²) >= 11 is 3.33. The molecule has 1 fully saturated rings. The van der Waals surface area contributed by atoms with Crippen LogP contribution in [0, 0.1) is 5.82 Å². The first-order chi connectivity index (χ1) is 7.09. The fourth-order valence-corrected chi connectivity index (χ4v) is 2.31. The van der Waals surface area contributed by atoms with Gasteiger partial charge in [-0.2, -0.15) is 0 Å². The second-order valence-corrected chi connectivity index (χ2v) is 4.60. The zero-order chi connectivity index (χ0) is 11.0. The van der Waals surface area contributed by atoms with Gasteiger partial charge in [0.25, 0.3) is 0 Å². The fourth-order valence-electron chi connectivity index (χ4n) is 1.87. The number of hydrogen-bond donors (Lipinski definition) is 0. The molecule has 2 rings (SSSR count). The van der Waals surface area contributed by atoms with Crippen molar-refractivity contribution in [1.29, 1.82) is 0 Å². The molecule has 1 aromatic rings. The highest BCUT2D eigenvalue weighted by molar-refractivity contribution is 9.10. The molecule has 80 valence electrons. The number of anilines is 1. The second-order valence-electron chi connectivity index (χ2n) is 3.75. The van der Waals surface area contributed by atoms with Gasteiger partial charge in [-0.1, -0.05) is 0 Å². The van der Waals surface area contributed by atoms with E-state index in [9.17, 15) is 9.18 Å². The lowest BCUT2D eigenvalue weighted by molar-refractivity contribution is -0.117. The number of amides is 1. The van der Waals surface area contributed by atoms with E-state index in [2.05, 4.69) is 15.9 Å². The molecule has 0 aliphatic carbocycles. The van der Waals surface area contributed by atoms with Gasteiger partial charge in [-0.3, -0.25) is 4.79 Å². The molecule has 1 amide bonds. The average molecular weight is 272 g/mol. The minimum Gasteiger partial charge on any atom is -0.308 e. The predicted octanol–water partition coefficient (Wildman–Crippen LogP) is 3.10. The third kappa shape index (κ3) is 1.91. The van der Waals surface area contributed by atoms with E-state index in [1.807, 2.05) is 6.92 Å². The SMILES string of the molecule is CC1CCC(=O)N1c1cc(F)ccc1Br. The van der Waals surface area contributed by atoms with Gasteiger partial charge in [0.05, 0.1) is 5.69 Å². The molecule has 15 heavy (non-hydrogen) atoms. The Kier molecular flexibility index (Phi) is 2.78. The molecular weight excluding hydrogens is 261 g/mol. The summed E-state index contributed by atoms with van der Waals surface area (Å²) in [7, 11) is 0. The standard InChI is InChI=1S/C11H11BrFNO/c1-7-2-5-11(15)14(7)10-6-8(13)3-4-9(10)12/h3-4,6-7H,2,5H2,1H3. The summed E-state index contributed by atoms with van der Waals surface area (Å²) in [5.74, 6) is -0.256. The first-order valence-corrected chi connectivity index (χ1v) is 5.66. The summed E-state index contributed by atoms with van der Waals surface area (Å²) < 4.78 is 13.9. The molecule has 1 aliphatic rings. The van der Waals surface area contributed by atoms with Gasteiger partial charge in [-0.15, -0.1) is 0 Å². The molecular formula is C11H11BrFNO. The first-order valence-electron chi connectivity index (χ1n) is 4.86. The zero-order valence-corrected chi connectivity index (χ0v) is 9.92. The molecule has 1 unspecified atom stereocenters. The predicted molar refractivity (Wildman–Crippen MR) is 60.3 cm³/mol. The van der Waals surface area contributed by atoms with Crippen molar-refractivity contribution < 1.29 is 9.18 Å². The van der Waals surface area contributed by atoms with Crippen LogP contribution in [0.1, 0.15) is 19.8 Å². The average Bonchev–Trinajstić information content (AvgIpc) is 2.51. The van der Waals surface area contributed by atoms with Gasteiger partial charge < -0.3 is 4.90 Å². The van der Waals surface area contributed by atoms with Crippen LogP contribution < -0.4 is 4.90 Å². The number of hydrogen-bond acceptors (Lipinski definition) is 1. The maximum Gasteiger partial charge on any atom is 0.227 e. The largest absolute Gasteiger partial charge is 0.308 e. The summed E-state index contributed by atoms with van der Waals surface area (Å²) in [6, 6.07) is 4.54. The number of carbonyl (C=O) groups is 1. The number of nitrogens with zero attached hydrogens (tertiary/aromatic N) is 1. The number of rotatable bonds is 1. The van der Waals surface area contributed by atoms with E-state index in [-0.39, 0.29) is 17.8 Å². The molecule has 1 aliphatic heterocycles. The molecule has 1 aromatic carbocycles. The Bertz CT molecular complexity index is 408. The minimum atomic E-state index is -0.319. The third-order valence-electron chi connectivity index (χ3n) is 2.65. The molecule has 0 aromatic heterocycles. The van der Waals surface area contributed by atoms with E-state index >= 15 is 0 Å². The maximum absolute atomic E-state index is 13.1. The normalized spacial score (nSPS) is 21.1. The monoisotopic (exact) mass is 271 g/mol. The van der Waals surface area contributed by atoms with Crippen LogP contribution in [0.4, 0.5) is 10.1 Å². The van der Waals surface area contributed by atoms with Gasteiger partial charge in [0.1, 0.15) is 5.82 Å². The van der Waals surface area contributed by atoms with Crippen LogP contribution in [0.3, 0.4) is 0 Å². The summed E-state index contributed by atoms with van der Waals surface area (Å²) in [6.45, 7) is 1.97. The van der Waals surface area contributed by atoms with Crippen molar-refractivity contribution >= 4 is 27.5 Å². The quantitative estimate of drug-likeness (QED) is 0.769. The van der Waals surface area contributed by atoms with Crippen molar-refractivity contribution in [3.63, 3.8) is 0 Å². The Balaban J connectivity index is 2.44. The molecule has 0 saturated carbocycles. The van der Waals surface area contributed by atoms with E-state index in [1.54, 1.807) is 11.0 Å². The topological polar surface area (TPSA) is 20.3 Å². The molecule has 0 N–H and O–H groups in total. The second kappa shape index (κ2) is 3.93. The Morgan fingerprint density at radius 3 is 2.87 bits per heavy atom. The van der Waals surface area contributed by atoms with Crippen molar-refractivity contribution in [1.82, 2.24) is 0 Å². The number of halogens is 2. The lowest BCUT2D eigenvalue weighted by Crippen LogP contribution is -2.30. The molecule has 2 nitrogen and oxygen atoms in total. The molecule has 1 saturated heterocycles. The summed E-state index contributed by atoms with van der Waals surface area (Å²) in [6.07, 6.45) is 1.38. The van der Waals surface area contributed by atoms with Crippen LogP contribution in [0.15, 0.2) is 22.7 Å². The van der Waals surface area contributed by atoms with Gasteiger partial charge in [0.2, 0.25) is 5.91 Å². The molecule has 0 bridgehead atoms. The smallest absolute Gasteiger partial charge is 0.227 e. The Labute approximate surface area is 96.2 Å². The van der Waals surface area contributed by atoms with Crippen LogP contribution in [-0.4, -0.2) is 11.9 Å². The third-order valence-corrected chi connectivity index (χ3v) is 3.32. The van der Waals surface area contributed by atoms with Crippen molar-refractivity contribution in [3.05, 3.63) is 28.5 Å². The van der Waals surface area contributed by atoms with Gasteiger partial charge in [-0.05, 0) is 47.5 Å². The van der Waals surface area contributed by atoms with Gasteiger partial charge in [-0.25, -0.2) is 4.39 Å². The van der Waals surface area contributed by atoms with Crippen molar-refractivity contribution in [2.45, 2.75) is 25.8 Å². The maximum atomic E-state index is 13.1. The molecule has 1 heterocycles. The van der Waals surface area contributed by atoms with E-state index in [0.717, 1.165) is 10.9 Å². The molecule has 1 atom stereocenters. The van der Waals surface area contributed by atoms with Crippen LogP contribution in [0.2, 0.25) is 0 Å². The number of benzene rings is 1. The molecule has 0 spiro atoms. The van der Waals surface area contributed by atoms with Crippen LogP contribution in [0.25, 0.3) is 0 Å². The van der Waals surface area contributed by atoms with Crippen molar-refractivity contribution in [2.75, 3.05) is 4.90 Å². The van der Waals surface area contributed by atoms with Gasteiger partial charge in [0.15, 0.2) is 0 Å². The summed E-state index contributed by atoms with van der Waals surface area (Å²) in [4.78, 5) is 13.3. The van der Waals surface area contributed by atoms with E-state index < -0.39 is 0 Å². The fraction of sp³-hybridized carbons (Fsp3) is 0.364. The summed E-state index contributed by atoms with van der Waals surface area (Å²) in [5.41, 5.74) is 0.630. The Hall–Kier alpha value is -0.900. The van der Waals surface area contributed by atoms with Gasteiger partial charge in [0, 0.05) is 16.9 Å². The van der Waals surface area contributed by atoms with E-state index in [4.69, 9.17) is 0 Å². The lowest BCUT2D eigenvalue weighted by atomic mass is 10.2. The summed E-state index contributed by atoms with van der Waals surface area (Å²) in [5, 5.41) is 0. The first kappa shape index (κ1) is 10.6. The van der Waals surface area contributed by atoms with Crippen molar-refractivity contribution in [3.8, 4) is 0 Å². The lowest BCUT2D eigenvalue weighted by Gasteiger charge is -2.22. The minimum absolute atomic E-state index is 0.0637. The zero-order valence-electron chi connectivity index (χ0n) is 8.34. The van der Waals surface area contributed by atoms with Crippen LogP contribution in [-0.2, 0) is 4.79 Å². The van der Waals surface area contributed by atoms with E-state index in [1.165, 1.54) is 12.1 Å². The van der Waals surface area contributed by atoms with Gasteiger partial charge >= 0.3 is 0 Å². The van der Waals surface area contributed by atoms with Crippen LogP contribution in [0.5, 0.6) is 0 Å². The highest BCUT2D eigenvalue weighted by Gasteiger charge is 2.30. The highest BCUT2D eigenvalue weighted by atomic mass is 79.9. The van der Waals surface area contributed by atoms with Crippen LogP contribution >= 0.6 is 15.9 Å². The molecule has 0 radical (unpaired) electrons. The Morgan fingerprint density at radius 2 is 2.27 bits per heavy atom. The number of carbonyl (C=O) groups excluding carboxylic acids is 1. The van der Waals surface area contributed by atoms with E-state index in [0.29, 0.717) is 12.1 Å². The Morgan fingerprint density at radius 1 is 1.53 bits per heavy atom. The van der Waals surface area contributed by atoms with Crippen molar-refractivity contribution in [2.24, 2.45) is 0 Å².